The minimum absolute atomic E-state index is 0.0701. The lowest BCUT2D eigenvalue weighted by Crippen LogP contribution is -2.04. The van der Waals surface area contributed by atoms with E-state index >= 15 is 0 Å². The molecule has 0 unspecified atom stereocenters. The molecule has 0 radical (unpaired) electrons. The van der Waals surface area contributed by atoms with Gasteiger partial charge in [0.25, 0.3) is 4.92 Å². The second kappa shape index (κ2) is 3.79. The maximum atomic E-state index is 13.2. The van der Waals surface area contributed by atoms with Gasteiger partial charge in [0.15, 0.2) is 18.5 Å². The van der Waals surface area contributed by atoms with Crippen LogP contribution >= 0.6 is 15.9 Å². The van der Waals surface area contributed by atoms with Gasteiger partial charge in [-0.15, -0.1) is 0 Å². The molecule has 0 spiro atoms. The number of phenols is 1. The van der Waals surface area contributed by atoms with Gasteiger partial charge >= 0.3 is 5.69 Å². The lowest BCUT2D eigenvalue weighted by atomic mass is 10.2. The number of rotatable bonds is 2. The smallest absolute Gasteiger partial charge is 0.378 e. The first-order valence-corrected chi connectivity index (χ1v) is 4.26. The molecule has 1 rings (SSSR count). The zero-order valence-electron chi connectivity index (χ0n) is 7.12. The summed E-state index contributed by atoms with van der Waals surface area (Å²) in [5.74, 6) is -1.29. The first-order chi connectivity index (χ1) is 6.49. The largest absolute Gasteiger partial charge is 0.504 e. The fourth-order valence-corrected chi connectivity index (χ4v) is 1.31. The molecule has 5 nitrogen and oxygen atoms in total. The Morgan fingerprint density at radius 2 is 2.29 bits per heavy atom. The molecule has 0 atom stereocenters. The van der Waals surface area contributed by atoms with Gasteiger partial charge < -0.3 is 10.8 Å². The highest BCUT2D eigenvalue weighted by atomic mass is 79.9. The third kappa shape index (κ3) is 1.63. The monoisotopic (exact) mass is 265 g/mol. The van der Waals surface area contributed by atoms with Crippen molar-refractivity contribution in [1.29, 1.82) is 0 Å². The van der Waals surface area contributed by atoms with Crippen LogP contribution < -0.4 is 5.73 Å². The Bertz CT molecular complexity index is 397. The highest BCUT2D eigenvalue weighted by Gasteiger charge is 2.29. The van der Waals surface area contributed by atoms with E-state index in [9.17, 15) is 14.4 Å². The summed E-state index contributed by atoms with van der Waals surface area (Å²) in [5.41, 5.74) is 4.39. The van der Waals surface area contributed by atoms with Crippen LogP contribution in [0.15, 0.2) is 10.5 Å². The topological polar surface area (TPSA) is 75.6 Å². The summed E-state index contributed by atoms with van der Waals surface area (Å²) in [6, 6.07) is 0.922. The molecular formula is C7H7BrFN2O3+. The van der Waals surface area contributed by atoms with Crippen molar-refractivity contribution >= 4 is 27.3 Å². The van der Waals surface area contributed by atoms with Crippen molar-refractivity contribution in [2.75, 3.05) is 12.8 Å². The molecule has 0 heterocycles. The number of nitrogens with zero attached hydrogens (tertiary/aromatic N) is 1. The third-order valence-electron chi connectivity index (χ3n) is 1.56. The second-order valence-corrected chi connectivity index (χ2v) is 3.25. The number of phenolic OH excluding ortho intramolecular Hbond substituents is 1. The quantitative estimate of drug-likeness (QED) is 0.486. The third-order valence-corrected chi connectivity index (χ3v) is 2.17. The van der Waals surface area contributed by atoms with Gasteiger partial charge in [-0.25, -0.2) is 4.84 Å². The average Bonchev–Trinajstić information content (AvgIpc) is 2.14. The van der Waals surface area contributed by atoms with Crippen LogP contribution in [0.2, 0.25) is 0 Å². The molecule has 0 aliphatic rings. The van der Waals surface area contributed by atoms with Crippen LogP contribution in [0, 0.1) is 10.7 Å². The molecule has 76 valence electrons. The minimum atomic E-state index is -0.885. The van der Waals surface area contributed by atoms with Crippen molar-refractivity contribution in [1.82, 2.24) is 0 Å². The molecule has 0 saturated carbocycles. The zero-order valence-corrected chi connectivity index (χ0v) is 8.71. The molecule has 3 N–H and O–H groups in total. The van der Waals surface area contributed by atoms with Crippen LogP contribution in [0.5, 0.6) is 5.75 Å². The Balaban J connectivity index is 3.44. The van der Waals surface area contributed by atoms with E-state index in [-0.39, 0.29) is 15.1 Å². The number of hydrogen-bond donors (Lipinski definition) is 2. The summed E-state index contributed by atoms with van der Waals surface area (Å²) in [4.78, 5) is 15.1. The Labute approximate surface area is 86.9 Å². The van der Waals surface area contributed by atoms with Crippen molar-refractivity contribution in [2.24, 2.45) is 0 Å². The molecule has 0 aliphatic heterocycles. The van der Waals surface area contributed by atoms with E-state index in [2.05, 4.69) is 20.8 Å². The van der Waals surface area contributed by atoms with Gasteiger partial charge in [0.05, 0.1) is 9.38 Å². The molecular weight excluding hydrogens is 259 g/mol. The molecule has 0 amide bonds. The predicted octanol–water partition coefficient (Wildman–Crippen LogP) is 1.85. The van der Waals surface area contributed by atoms with Gasteiger partial charge in [-0.2, -0.15) is 4.39 Å². The van der Waals surface area contributed by atoms with E-state index in [0.717, 1.165) is 13.2 Å². The molecule has 0 fully saturated rings. The summed E-state index contributed by atoms with van der Waals surface area (Å²) in [5, 5.41) is 9.30. The van der Waals surface area contributed by atoms with E-state index in [4.69, 9.17) is 5.73 Å². The maximum absolute atomic E-state index is 13.2. The number of benzene rings is 1. The number of halogens is 2. The number of hydrogen-bond acceptors (Lipinski definition) is 4. The van der Waals surface area contributed by atoms with Crippen molar-refractivity contribution < 1.29 is 19.3 Å². The van der Waals surface area contributed by atoms with E-state index in [1.165, 1.54) is 0 Å². The summed E-state index contributed by atoms with van der Waals surface area (Å²) < 4.78 is 13.3. The lowest BCUT2D eigenvalue weighted by Gasteiger charge is -2.01. The highest BCUT2D eigenvalue weighted by Crippen LogP contribution is 2.39. The van der Waals surface area contributed by atoms with Crippen molar-refractivity contribution in [3.8, 4) is 5.75 Å². The van der Waals surface area contributed by atoms with Crippen LogP contribution in [0.3, 0.4) is 0 Å². The van der Waals surface area contributed by atoms with Crippen molar-refractivity contribution in [2.45, 2.75) is 0 Å². The predicted molar refractivity (Wildman–Crippen MR) is 50.5 cm³/mol. The van der Waals surface area contributed by atoms with Gasteiger partial charge in [-0.3, -0.25) is 0 Å². The Kier molecular flexibility index (Phi) is 2.90. The Hall–Kier alpha value is -1.37. The van der Waals surface area contributed by atoms with E-state index in [1.54, 1.807) is 0 Å². The Morgan fingerprint density at radius 3 is 2.79 bits per heavy atom. The molecule has 0 aliphatic carbocycles. The normalized spacial score (nSPS) is 9.93. The van der Waals surface area contributed by atoms with Gasteiger partial charge in [-0.05, 0) is 22.0 Å². The standard InChI is InChI=1S/C7H6BrFN2O3/c1-14-11(13)6-4(9)2-3(8)7(12)5(6)10/h2H,1H3,(H2-,10,12,13)/p+1. The van der Waals surface area contributed by atoms with Crippen molar-refractivity contribution in [3.63, 3.8) is 0 Å². The molecule has 7 heteroatoms. The number of nitrogens with two attached hydrogens (primary N) is 1. The van der Waals surface area contributed by atoms with Crippen molar-refractivity contribution in [3.05, 3.63) is 21.3 Å². The van der Waals surface area contributed by atoms with Crippen LogP contribution in [0.25, 0.3) is 0 Å². The van der Waals surface area contributed by atoms with Crippen LogP contribution in [0.1, 0.15) is 0 Å². The number of anilines is 1. The maximum Gasteiger partial charge on any atom is 0.378 e. The summed E-state index contributed by atoms with van der Waals surface area (Å²) in [6.07, 6.45) is 0. The SMILES string of the molecule is CO[N+](=O)c1c(F)cc(Br)c(O)c1N. The number of aromatic hydroxyl groups is 1. The minimum Gasteiger partial charge on any atom is -0.504 e. The first kappa shape index (κ1) is 10.7. The molecule has 0 saturated heterocycles. The van der Waals surface area contributed by atoms with Crippen LogP contribution in [-0.2, 0) is 4.84 Å². The van der Waals surface area contributed by atoms with E-state index in [0.29, 0.717) is 0 Å². The summed E-state index contributed by atoms with van der Waals surface area (Å²) in [6.45, 7) is 0. The summed E-state index contributed by atoms with van der Waals surface area (Å²) >= 11 is 2.87. The van der Waals surface area contributed by atoms with Crippen LogP contribution in [-0.4, -0.2) is 17.1 Å². The molecule has 14 heavy (non-hydrogen) atoms. The van der Waals surface area contributed by atoms with Crippen LogP contribution in [0.4, 0.5) is 15.8 Å². The highest BCUT2D eigenvalue weighted by molar-refractivity contribution is 9.10. The fourth-order valence-electron chi connectivity index (χ4n) is 0.894. The lowest BCUT2D eigenvalue weighted by molar-refractivity contribution is -0.737. The molecule has 1 aromatic rings. The Morgan fingerprint density at radius 1 is 1.71 bits per heavy atom. The van der Waals surface area contributed by atoms with Gasteiger partial charge in [0.1, 0.15) is 0 Å². The van der Waals surface area contributed by atoms with E-state index in [1.807, 2.05) is 0 Å². The van der Waals surface area contributed by atoms with Gasteiger partial charge in [-0.1, -0.05) is 0 Å². The first-order valence-electron chi connectivity index (χ1n) is 3.46. The van der Waals surface area contributed by atoms with E-state index < -0.39 is 17.3 Å². The molecule has 0 aromatic heterocycles. The zero-order chi connectivity index (χ0) is 10.9. The molecule has 0 bridgehead atoms. The molecule has 1 aromatic carbocycles. The average molecular weight is 266 g/mol. The second-order valence-electron chi connectivity index (χ2n) is 2.39. The van der Waals surface area contributed by atoms with Gasteiger partial charge in [0, 0.05) is 0 Å². The fraction of sp³-hybridized carbons (Fsp3) is 0.143. The summed E-state index contributed by atoms with van der Waals surface area (Å²) in [7, 11) is 1.06. The van der Waals surface area contributed by atoms with Gasteiger partial charge in [0.2, 0.25) is 5.82 Å². The number of nitrogen functional groups attached to an aromatic ring is 1.